The molecule has 0 fully saturated rings. The van der Waals surface area contributed by atoms with Gasteiger partial charge in [0, 0.05) is 22.9 Å². The number of hydrogen-bond donors (Lipinski definition) is 3. The first-order chi connectivity index (χ1) is 16.6. The minimum absolute atomic E-state index is 0.151. The van der Waals surface area contributed by atoms with E-state index in [-0.39, 0.29) is 17.9 Å². The van der Waals surface area contributed by atoms with Gasteiger partial charge in [0.25, 0.3) is 0 Å². The largest absolute Gasteiger partial charge is 0.511 e. The van der Waals surface area contributed by atoms with E-state index in [1.807, 2.05) is 72.9 Å². The van der Waals surface area contributed by atoms with Gasteiger partial charge in [0.1, 0.15) is 11.5 Å². The molecule has 1 aromatic heterocycles. The van der Waals surface area contributed by atoms with Crippen molar-refractivity contribution in [3.63, 3.8) is 0 Å². The lowest BCUT2D eigenvalue weighted by Gasteiger charge is -2.03. The highest BCUT2D eigenvalue weighted by atomic mass is 16.3. The van der Waals surface area contributed by atoms with E-state index in [0.29, 0.717) is 10.8 Å². The van der Waals surface area contributed by atoms with Crippen molar-refractivity contribution >= 4 is 35.0 Å². The zero-order valence-electron chi connectivity index (χ0n) is 18.1. The molecule has 6 nitrogen and oxygen atoms in total. The second-order valence-electron chi connectivity index (χ2n) is 8.27. The average molecular weight is 444 g/mol. The molecule has 0 spiro atoms. The molecule has 0 radical (unpaired) electrons. The Bertz CT molecular complexity index is 1630. The maximum atomic E-state index is 11.0. The summed E-state index contributed by atoms with van der Waals surface area (Å²) in [7, 11) is 0. The Morgan fingerprint density at radius 3 is 1.97 bits per heavy atom. The lowest BCUT2D eigenvalue weighted by molar-refractivity contribution is 0.458. The van der Waals surface area contributed by atoms with E-state index in [0.717, 1.165) is 45.3 Å². The third-order valence-corrected chi connectivity index (χ3v) is 5.77. The minimum atomic E-state index is 0.151. The first kappa shape index (κ1) is 19.9. The maximum Gasteiger partial charge on any atom is 0.119 e. The second-order valence-corrected chi connectivity index (χ2v) is 8.27. The van der Waals surface area contributed by atoms with E-state index >= 15 is 0 Å². The van der Waals surface area contributed by atoms with Crippen LogP contribution in [0.2, 0.25) is 0 Å². The number of H-pyrrole nitrogens is 1. The van der Waals surface area contributed by atoms with E-state index < -0.39 is 0 Å². The summed E-state index contributed by atoms with van der Waals surface area (Å²) < 4.78 is 0. The number of aromatic hydroxyl groups is 1. The van der Waals surface area contributed by atoms with Crippen LogP contribution < -0.4 is 10.6 Å². The van der Waals surface area contributed by atoms with Crippen LogP contribution in [0, 0.1) is 0 Å². The standard InChI is InChI=1S/C28H20N4O2/c33-27-4-2-1-3-17(27)11-28(34)25-15-24-14-22-8-7-20(30-22)12-18-5-6-19(29-18)13-21-9-10-23(31-21)16-26(25)32-24/h1-10,12-16,32-34H,11H2/b18-12?,21-13?,22-14?,26-16?,28-25-. The van der Waals surface area contributed by atoms with Crippen LogP contribution in [0.5, 0.6) is 5.75 Å². The molecule has 4 aliphatic rings. The van der Waals surface area contributed by atoms with Gasteiger partial charge >= 0.3 is 0 Å². The van der Waals surface area contributed by atoms with Crippen LogP contribution in [0.15, 0.2) is 111 Å². The number of aromatic nitrogens is 1. The number of rotatable bonds is 2. The van der Waals surface area contributed by atoms with Gasteiger partial charge in [-0.05, 0) is 72.9 Å². The van der Waals surface area contributed by atoms with Crippen molar-refractivity contribution in [2.75, 3.05) is 0 Å². The SMILES string of the molecule is O/C(Cc1ccccc1O)=c1/cc2[nH]c1=CC1=NC(=CC3=NC(=CC4=NC(=C2)C=C4)C=C3)C=C1. The van der Waals surface area contributed by atoms with Crippen molar-refractivity contribution in [3.8, 4) is 5.75 Å². The molecule has 8 bridgehead atoms. The predicted octanol–water partition coefficient (Wildman–Crippen LogP) is 3.56. The molecule has 6 heteroatoms. The third kappa shape index (κ3) is 3.93. The van der Waals surface area contributed by atoms with Crippen molar-refractivity contribution in [3.05, 3.63) is 118 Å². The van der Waals surface area contributed by atoms with Crippen LogP contribution in [-0.2, 0) is 6.42 Å². The fourth-order valence-electron chi connectivity index (χ4n) is 4.13. The number of nitrogens with one attached hydrogen (secondary N) is 1. The predicted molar refractivity (Wildman–Crippen MR) is 136 cm³/mol. The number of fused-ring (bicyclic) bond motifs is 5. The van der Waals surface area contributed by atoms with Crippen molar-refractivity contribution in [1.82, 2.24) is 4.98 Å². The molecular formula is C28H20N4O2. The first-order valence-corrected chi connectivity index (χ1v) is 10.9. The van der Waals surface area contributed by atoms with Gasteiger partial charge in [0.05, 0.1) is 39.6 Å². The Hall–Kier alpha value is -4.71. The van der Waals surface area contributed by atoms with Crippen molar-refractivity contribution in [2.24, 2.45) is 15.0 Å². The van der Waals surface area contributed by atoms with Gasteiger partial charge < -0.3 is 15.2 Å². The van der Waals surface area contributed by atoms with Crippen LogP contribution in [0.1, 0.15) is 11.3 Å². The van der Waals surface area contributed by atoms with Gasteiger partial charge in [0.15, 0.2) is 0 Å². The Morgan fingerprint density at radius 2 is 1.32 bits per heavy atom. The summed E-state index contributed by atoms with van der Waals surface area (Å²) in [6.45, 7) is 0. The normalized spacial score (nSPS) is 18.6. The Balaban J connectivity index is 1.53. The summed E-state index contributed by atoms with van der Waals surface area (Å²) in [5.41, 5.74) is 6.31. The van der Waals surface area contributed by atoms with Gasteiger partial charge in [-0.25, -0.2) is 15.0 Å². The number of aromatic amines is 1. The third-order valence-electron chi connectivity index (χ3n) is 5.77. The quantitative estimate of drug-likeness (QED) is 0.661. The maximum absolute atomic E-state index is 11.0. The molecule has 3 N–H and O–H groups in total. The molecule has 34 heavy (non-hydrogen) atoms. The highest BCUT2D eigenvalue weighted by molar-refractivity contribution is 6.20. The number of para-hydroxylation sites is 1. The number of aliphatic imine (C=N–C) groups is 3. The fourth-order valence-corrected chi connectivity index (χ4v) is 4.13. The smallest absolute Gasteiger partial charge is 0.119 e. The molecule has 0 atom stereocenters. The zero-order valence-corrected chi connectivity index (χ0v) is 18.1. The van der Waals surface area contributed by atoms with E-state index in [1.54, 1.807) is 18.2 Å². The summed E-state index contributed by atoms with van der Waals surface area (Å²) in [4.78, 5) is 17.4. The number of phenols is 1. The monoisotopic (exact) mass is 444 g/mol. The van der Waals surface area contributed by atoms with Gasteiger partial charge in [-0.3, -0.25) is 0 Å². The van der Waals surface area contributed by atoms with Crippen LogP contribution in [0.25, 0.3) is 17.9 Å². The molecule has 0 saturated heterocycles. The lowest BCUT2D eigenvalue weighted by atomic mass is 10.1. The number of aliphatic hydroxyl groups is 1. The fraction of sp³-hybridized carbons (Fsp3) is 0.0357. The van der Waals surface area contributed by atoms with Crippen LogP contribution in [0.4, 0.5) is 0 Å². The number of aliphatic hydroxyl groups excluding tert-OH is 1. The summed E-state index contributed by atoms with van der Waals surface area (Å²) in [5.74, 6) is 0.303. The topological polar surface area (TPSA) is 93.3 Å². The Labute approximate surface area is 195 Å². The van der Waals surface area contributed by atoms with E-state index in [4.69, 9.17) is 0 Å². The molecule has 4 aliphatic heterocycles. The van der Waals surface area contributed by atoms with Crippen molar-refractivity contribution in [1.29, 1.82) is 0 Å². The van der Waals surface area contributed by atoms with E-state index in [9.17, 15) is 10.2 Å². The number of hydrogen-bond acceptors (Lipinski definition) is 5. The molecule has 5 heterocycles. The molecule has 6 rings (SSSR count). The zero-order chi connectivity index (χ0) is 23.1. The molecule has 1 aromatic carbocycles. The molecule has 0 aliphatic carbocycles. The number of benzene rings is 1. The molecule has 0 saturated carbocycles. The highest BCUT2D eigenvalue weighted by Crippen LogP contribution is 2.20. The molecule has 0 unspecified atom stereocenters. The first-order valence-electron chi connectivity index (χ1n) is 10.9. The van der Waals surface area contributed by atoms with Crippen LogP contribution in [-0.4, -0.2) is 32.3 Å². The van der Waals surface area contributed by atoms with Crippen LogP contribution >= 0.6 is 0 Å². The summed E-state index contributed by atoms with van der Waals surface area (Å²) >= 11 is 0. The van der Waals surface area contributed by atoms with Gasteiger partial charge in [-0.1, -0.05) is 18.2 Å². The second kappa shape index (κ2) is 8.01. The average Bonchev–Trinajstić information content (AvgIpc) is 3.60. The van der Waals surface area contributed by atoms with E-state index in [1.165, 1.54) is 0 Å². The van der Waals surface area contributed by atoms with E-state index in [2.05, 4.69) is 20.0 Å². The number of allylic oxidation sites excluding steroid dienone is 8. The van der Waals surface area contributed by atoms with Gasteiger partial charge in [-0.2, -0.15) is 0 Å². The molecule has 0 amide bonds. The summed E-state index contributed by atoms with van der Waals surface area (Å²) in [6.07, 6.45) is 19.6. The highest BCUT2D eigenvalue weighted by Gasteiger charge is 2.11. The van der Waals surface area contributed by atoms with Gasteiger partial charge in [-0.15, -0.1) is 0 Å². The molecular weight excluding hydrogens is 424 g/mol. The summed E-state index contributed by atoms with van der Waals surface area (Å²) in [6, 6.07) is 8.90. The molecule has 164 valence electrons. The molecule has 2 aromatic rings. The van der Waals surface area contributed by atoms with Crippen LogP contribution in [0.3, 0.4) is 0 Å². The summed E-state index contributed by atoms with van der Waals surface area (Å²) in [5, 5.41) is 22.5. The number of nitrogens with zero attached hydrogens (tertiary/aromatic N) is 3. The minimum Gasteiger partial charge on any atom is -0.511 e. The lowest BCUT2D eigenvalue weighted by Crippen LogP contribution is -2.26. The van der Waals surface area contributed by atoms with Crippen molar-refractivity contribution in [2.45, 2.75) is 6.42 Å². The van der Waals surface area contributed by atoms with Gasteiger partial charge in [0.2, 0.25) is 0 Å². The Morgan fingerprint density at radius 1 is 0.735 bits per heavy atom. The Kier molecular flexibility index (Phi) is 4.70. The van der Waals surface area contributed by atoms with Crippen molar-refractivity contribution < 1.29 is 10.2 Å². The number of phenolic OH excluding ortho intramolecular Hbond substituents is 1.